The molecule has 1 aliphatic heterocycles. The maximum absolute atomic E-state index is 12.4. The highest BCUT2D eigenvalue weighted by Crippen LogP contribution is 2.23. The predicted molar refractivity (Wildman–Crippen MR) is 96.7 cm³/mol. The van der Waals surface area contributed by atoms with Crippen LogP contribution in [0.15, 0.2) is 24.3 Å². The lowest BCUT2D eigenvalue weighted by Gasteiger charge is -2.31. The summed E-state index contributed by atoms with van der Waals surface area (Å²) in [5.74, 6) is 0.777. The van der Waals surface area contributed by atoms with Gasteiger partial charge in [0.1, 0.15) is 5.75 Å². The Balaban J connectivity index is 1.45. The zero-order valence-corrected chi connectivity index (χ0v) is 15.0. The van der Waals surface area contributed by atoms with Gasteiger partial charge in [-0.2, -0.15) is 0 Å². The van der Waals surface area contributed by atoms with Gasteiger partial charge in [0, 0.05) is 30.7 Å². The second kappa shape index (κ2) is 7.76. The second-order valence-electron chi connectivity index (χ2n) is 7.17. The van der Waals surface area contributed by atoms with Crippen molar-refractivity contribution in [3.8, 4) is 5.75 Å². The number of likely N-dealkylation sites (tertiary alicyclic amines) is 1. The zero-order valence-electron chi connectivity index (χ0n) is 15.0. The smallest absolute Gasteiger partial charge is 0.317 e. The fourth-order valence-corrected chi connectivity index (χ4v) is 2.97. The molecule has 3 rings (SSSR count). The van der Waals surface area contributed by atoms with E-state index in [0.717, 1.165) is 24.3 Å². The van der Waals surface area contributed by atoms with E-state index in [4.69, 9.17) is 4.74 Å². The van der Waals surface area contributed by atoms with Gasteiger partial charge in [0.05, 0.1) is 6.10 Å². The summed E-state index contributed by atoms with van der Waals surface area (Å²) in [4.78, 5) is 26.3. The molecular weight excluding hydrogens is 318 g/mol. The van der Waals surface area contributed by atoms with Crippen molar-refractivity contribution in [2.45, 2.75) is 51.7 Å². The van der Waals surface area contributed by atoms with E-state index in [-0.39, 0.29) is 24.0 Å². The number of hydrogen-bond donors (Lipinski definition) is 2. The van der Waals surface area contributed by atoms with E-state index in [1.165, 1.54) is 0 Å². The number of benzene rings is 1. The Bertz CT molecular complexity index is 603. The molecule has 1 saturated carbocycles. The van der Waals surface area contributed by atoms with Gasteiger partial charge in [-0.15, -0.1) is 0 Å². The standard InChI is InChI=1S/C19H27N3O3/c1-13(2)25-17-7-5-15(6-8-17)20-18(23)14-9-11-22(12-10-14)19(24)21-16-3-4-16/h5-8,13-14,16H,3-4,9-12H2,1-2H3,(H,20,23)(H,21,24). The van der Waals surface area contributed by atoms with Crippen LogP contribution >= 0.6 is 0 Å². The first-order valence-corrected chi connectivity index (χ1v) is 9.14. The Morgan fingerprint density at radius 1 is 1.08 bits per heavy atom. The molecule has 0 spiro atoms. The maximum atomic E-state index is 12.4. The van der Waals surface area contributed by atoms with E-state index in [9.17, 15) is 9.59 Å². The molecule has 2 fully saturated rings. The van der Waals surface area contributed by atoms with Crippen molar-refractivity contribution in [2.75, 3.05) is 18.4 Å². The molecule has 1 aromatic carbocycles. The molecule has 0 unspecified atom stereocenters. The van der Waals surface area contributed by atoms with E-state index in [1.807, 2.05) is 43.0 Å². The summed E-state index contributed by atoms with van der Waals surface area (Å²) < 4.78 is 5.60. The first-order chi connectivity index (χ1) is 12.0. The van der Waals surface area contributed by atoms with Gasteiger partial charge in [0.15, 0.2) is 0 Å². The lowest BCUT2D eigenvalue weighted by atomic mass is 9.96. The van der Waals surface area contributed by atoms with E-state index in [1.54, 1.807) is 0 Å². The summed E-state index contributed by atoms with van der Waals surface area (Å²) >= 11 is 0. The molecule has 0 atom stereocenters. The third-order valence-electron chi connectivity index (χ3n) is 4.55. The molecular formula is C19H27N3O3. The molecule has 6 nitrogen and oxygen atoms in total. The fourth-order valence-electron chi connectivity index (χ4n) is 2.97. The molecule has 25 heavy (non-hydrogen) atoms. The van der Waals surface area contributed by atoms with Gasteiger partial charge in [0.25, 0.3) is 0 Å². The number of carbonyl (C=O) groups excluding carboxylic acids is 2. The molecule has 2 N–H and O–H groups in total. The average Bonchev–Trinajstić information content (AvgIpc) is 3.40. The summed E-state index contributed by atoms with van der Waals surface area (Å²) in [5.41, 5.74) is 0.773. The highest BCUT2D eigenvalue weighted by molar-refractivity contribution is 5.92. The van der Waals surface area contributed by atoms with Gasteiger partial charge in [-0.1, -0.05) is 0 Å². The monoisotopic (exact) mass is 345 g/mol. The predicted octanol–water partition coefficient (Wildman–Crippen LogP) is 3.00. The second-order valence-corrected chi connectivity index (χ2v) is 7.17. The highest BCUT2D eigenvalue weighted by atomic mass is 16.5. The minimum absolute atomic E-state index is 0.0158. The lowest BCUT2D eigenvalue weighted by molar-refractivity contribution is -0.121. The van der Waals surface area contributed by atoms with Gasteiger partial charge >= 0.3 is 6.03 Å². The van der Waals surface area contributed by atoms with Crippen molar-refractivity contribution in [2.24, 2.45) is 5.92 Å². The SMILES string of the molecule is CC(C)Oc1ccc(NC(=O)C2CCN(C(=O)NC3CC3)CC2)cc1. The van der Waals surface area contributed by atoms with Gasteiger partial charge < -0.3 is 20.3 Å². The van der Waals surface area contributed by atoms with Gasteiger partial charge in [-0.25, -0.2) is 4.79 Å². The number of nitrogens with zero attached hydrogens (tertiary/aromatic N) is 1. The first kappa shape index (κ1) is 17.6. The third-order valence-corrected chi connectivity index (χ3v) is 4.55. The van der Waals surface area contributed by atoms with Crippen LogP contribution in [0.4, 0.5) is 10.5 Å². The number of anilines is 1. The summed E-state index contributed by atoms with van der Waals surface area (Å²) in [6.45, 7) is 5.23. The molecule has 3 amide bonds. The maximum Gasteiger partial charge on any atom is 0.317 e. The largest absolute Gasteiger partial charge is 0.491 e. The number of rotatable bonds is 5. The Kier molecular flexibility index (Phi) is 5.46. The number of amides is 3. The van der Waals surface area contributed by atoms with Gasteiger partial charge in [-0.3, -0.25) is 4.79 Å². The Morgan fingerprint density at radius 3 is 2.28 bits per heavy atom. The van der Waals surface area contributed by atoms with Crippen LogP contribution in [0.2, 0.25) is 0 Å². The number of nitrogens with one attached hydrogen (secondary N) is 2. The molecule has 0 bridgehead atoms. The minimum atomic E-state index is -0.0448. The Morgan fingerprint density at radius 2 is 1.72 bits per heavy atom. The Labute approximate surface area is 148 Å². The van der Waals surface area contributed by atoms with Crippen molar-refractivity contribution in [1.29, 1.82) is 0 Å². The Hall–Kier alpha value is -2.24. The highest BCUT2D eigenvalue weighted by Gasteiger charge is 2.30. The number of carbonyl (C=O) groups is 2. The number of urea groups is 1. The van der Waals surface area contributed by atoms with Gasteiger partial charge in [-0.05, 0) is 63.8 Å². The minimum Gasteiger partial charge on any atom is -0.491 e. The van der Waals surface area contributed by atoms with Crippen molar-refractivity contribution in [1.82, 2.24) is 10.2 Å². The van der Waals surface area contributed by atoms with Crippen LogP contribution in [-0.2, 0) is 4.79 Å². The molecule has 136 valence electrons. The summed E-state index contributed by atoms with van der Waals surface area (Å²) in [7, 11) is 0. The summed E-state index contributed by atoms with van der Waals surface area (Å²) in [6, 6.07) is 7.82. The normalized spacial score (nSPS) is 18.1. The number of piperidine rings is 1. The lowest BCUT2D eigenvalue weighted by Crippen LogP contribution is -2.46. The van der Waals surface area contributed by atoms with E-state index in [0.29, 0.717) is 32.0 Å². The van der Waals surface area contributed by atoms with E-state index in [2.05, 4.69) is 10.6 Å². The fraction of sp³-hybridized carbons (Fsp3) is 0.579. The molecule has 1 saturated heterocycles. The van der Waals surface area contributed by atoms with E-state index < -0.39 is 0 Å². The quantitative estimate of drug-likeness (QED) is 0.862. The van der Waals surface area contributed by atoms with Crippen LogP contribution in [0, 0.1) is 5.92 Å². The van der Waals surface area contributed by atoms with Gasteiger partial charge in [0.2, 0.25) is 5.91 Å². The topological polar surface area (TPSA) is 70.7 Å². The van der Waals surface area contributed by atoms with Crippen molar-refractivity contribution in [3.05, 3.63) is 24.3 Å². The average molecular weight is 345 g/mol. The van der Waals surface area contributed by atoms with Crippen molar-refractivity contribution >= 4 is 17.6 Å². The molecule has 1 aliphatic carbocycles. The van der Waals surface area contributed by atoms with Crippen LogP contribution in [0.1, 0.15) is 39.5 Å². The van der Waals surface area contributed by atoms with Crippen molar-refractivity contribution in [3.63, 3.8) is 0 Å². The molecule has 1 aromatic rings. The van der Waals surface area contributed by atoms with Crippen LogP contribution in [-0.4, -0.2) is 42.1 Å². The first-order valence-electron chi connectivity index (χ1n) is 9.14. The number of hydrogen-bond acceptors (Lipinski definition) is 3. The third kappa shape index (κ3) is 5.11. The summed E-state index contributed by atoms with van der Waals surface area (Å²) in [6.07, 6.45) is 3.72. The van der Waals surface area contributed by atoms with Crippen molar-refractivity contribution < 1.29 is 14.3 Å². The van der Waals surface area contributed by atoms with Crippen LogP contribution in [0.3, 0.4) is 0 Å². The van der Waals surface area contributed by atoms with Crippen LogP contribution in [0.25, 0.3) is 0 Å². The number of ether oxygens (including phenoxy) is 1. The molecule has 2 aliphatic rings. The molecule has 6 heteroatoms. The molecule has 1 heterocycles. The molecule has 0 radical (unpaired) electrons. The summed E-state index contributed by atoms with van der Waals surface area (Å²) in [5, 5.41) is 5.97. The zero-order chi connectivity index (χ0) is 17.8. The van der Waals surface area contributed by atoms with Crippen LogP contribution < -0.4 is 15.4 Å². The van der Waals surface area contributed by atoms with E-state index >= 15 is 0 Å². The molecule has 0 aromatic heterocycles. The van der Waals surface area contributed by atoms with Crippen LogP contribution in [0.5, 0.6) is 5.75 Å².